The van der Waals surface area contributed by atoms with Gasteiger partial charge in [0.1, 0.15) is 11.6 Å². The molecule has 0 aliphatic carbocycles. The molecule has 1 heterocycles. The molecule has 3 rings (SSSR count). The molecule has 0 aliphatic heterocycles. The number of benzene rings is 2. The lowest BCUT2D eigenvalue weighted by molar-refractivity contribution is -0.146. The van der Waals surface area contributed by atoms with Crippen LogP contribution in [0.4, 0.5) is 0 Å². The largest absolute Gasteiger partial charge is 0.497 e. The Kier molecular flexibility index (Phi) is 9.19. The minimum absolute atomic E-state index is 0.00566. The van der Waals surface area contributed by atoms with Gasteiger partial charge < -0.3 is 19.3 Å². The van der Waals surface area contributed by atoms with Crippen LogP contribution in [0.5, 0.6) is 5.75 Å². The summed E-state index contributed by atoms with van der Waals surface area (Å²) in [7, 11) is 5.43. The third-order valence-corrected chi connectivity index (χ3v) is 5.93. The van der Waals surface area contributed by atoms with Crippen molar-refractivity contribution in [1.29, 1.82) is 0 Å². The Bertz CT molecular complexity index is 1250. The first-order chi connectivity index (χ1) is 17.3. The fraction of sp³-hybridized carbons (Fsp3) is 0.407. The molecular weight excluding hydrogens is 460 g/mol. The minimum Gasteiger partial charge on any atom is -0.497 e. The van der Waals surface area contributed by atoms with Crippen molar-refractivity contribution in [1.82, 2.24) is 19.4 Å². The summed E-state index contributed by atoms with van der Waals surface area (Å²) < 4.78 is 11.8. The van der Waals surface area contributed by atoms with Gasteiger partial charge in [0.15, 0.2) is 0 Å². The summed E-state index contributed by atoms with van der Waals surface area (Å²) in [6, 6.07) is 13.8. The van der Waals surface area contributed by atoms with Crippen LogP contribution in [0, 0.1) is 0 Å². The topological polar surface area (TPSA) is 94.0 Å². The van der Waals surface area contributed by atoms with Crippen LogP contribution in [-0.2, 0) is 14.3 Å². The van der Waals surface area contributed by atoms with E-state index in [2.05, 4.69) is 0 Å². The number of hydrogen-bond donors (Lipinski definition) is 0. The van der Waals surface area contributed by atoms with Gasteiger partial charge in [-0.2, -0.15) is 0 Å². The van der Waals surface area contributed by atoms with Crippen molar-refractivity contribution in [2.45, 2.75) is 32.7 Å². The number of nitrogens with zero attached hydrogens (tertiary/aromatic N) is 4. The molecule has 9 heteroatoms. The van der Waals surface area contributed by atoms with Crippen LogP contribution in [0.15, 0.2) is 53.3 Å². The Labute approximate surface area is 211 Å². The van der Waals surface area contributed by atoms with Crippen LogP contribution in [0.3, 0.4) is 0 Å². The van der Waals surface area contributed by atoms with Crippen LogP contribution in [-0.4, -0.2) is 72.1 Å². The lowest BCUT2D eigenvalue weighted by Crippen LogP contribution is -2.41. The Morgan fingerprint density at radius 3 is 2.36 bits per heavy atom. The highest BCUT2D eigenvalue weighted by molar-refractivity contribution is 5.82. The van der Waals surface area contributed by atoms with E-state index in [0.717, 1.165) is 0 Å². The molecule has 3 aromatic rings. The highest BCUT2D eigenvalue weighted by Crippen LogP contribution is 2.24. The van der Waals surface area contributed by atoms with Gasteiger partial charge in [-0.3, -0.25) is 19.0 Å². The van der Waals surface area contributed by atoms with Crippen LogP contribution >= 0.6 is 0 Å². The standard InChI is InChI=1S/C27H34N4O5/c1-6-36-25(33)16-15-24(32)30(18-17-29(3)4)19(2)26-28-23-10-8-7-9-22(23)27(34)31(26)20-11-13-21(35-5)14-12-20/h7-14,19H,6,15-18H2,1-5H3. The number of fused-ring (bicyclic) bond motifs is 1. The second-order valence-electron chi connectivity index (χ2n) is 8.70. The number of carbonyl (C=O) groups is 2. The van der Waals surface area contributed by atoms with E-state index in [-0.39, 0.29) is 30.9 Å². The van der Waals surface area contributed by atoms with Gasteiger partial charge in [0.2, 0.25) is 5.91 Å². The van der Waals surface area contributed by atoms with Gasteiger partial charge in [0.25, 0.3) is 5.56 Å². The summed E-state index contributed by atoms with van der Waals surface area (Å²) in [6.07, 6.45) is 0.00520. The molecule has 9 nitrogen and oxygen atoms in total. The molecule has 192 valence electrons. The van der Waals surface area contributed by atoms with Crippen molar-refractivity contribution in [2.75, 3.05) is 40.9 Å². The van der Waals surface area contributed by atoms with Gasteiger partial charge in [-0.1, -0.05) is 12.1 Å². The van der Waals surface area contributed by atoms with Crippen molar-refractivity contribution in [2.24, 2.45) is 0 Å². The lowest BCUT2D eigenvalue weighted by Gasteiger charge is -2.31. The average molecular weight is 495 g/mol. The van der Waals surface area contributed by atoms with Crippen LogP contribution in [0.25, 0.3) is 16.6 Å². The third kappa shape index (κ3) is 6.28. The lowest BCUT2D eigenvalue weighted by atomic mass is 10.1. The van der Waals surface area contributed by atoms with Crippen molar-refractivity contribution in [3.63, 3.8) is 0 Å². The van der Waals surface area contributed by atoms with Gasteiger partial charge in [-0.25, -0.2) is 4.98 Å². The van der Waals surface area contributed by atoms with Gasteiger partial charge in [0.05, 0.1) is 42.8 Å². The van der Waals surface area contributed by atoms with Crippen LogP contribution < -0.4 is 10.3 Å². The molecule has 1 aromatic heterocycles. The van der Waals surface area contributed by atoms with Crippen molar-refractivity contribution < 1.29 is 19.1 Å². The van der Waals surface area contributed by atoms with E-state index in [0.29, 0.717) is 41.3 Å². The third-order valence-electron chi connectivity index (χ3n) is 5.93. The molecule has 36 heavy (non-hydrogen) atoms. The maximum atomic E-state index is 13.7. The summed E-state index contributed by atoms with van der Waals surface area (Å²) in [6.45, 7) is 4.86. The van der Waals surface area contributed by atoms with E-state index in [1.165, 1.54) is 0 Å². The minimum atomic E-state index is -0.543. The van der Waals surface area contributed by atoms with E-state index in [9.17, 15) is 14.4 Å². The highest BCUT2D eigenvalue weighted by Gasteiger charge is 2.27. The van der Waals surface area contributed by atoms with Crippen LogP contribution in [0.2, 0.25) is 0 Å². The Hall–Kier alpha value is -3.72. The molecule has 1 atom stereocenters. The number of esters is 1. The summed E-state index contributed by atoms with van der Waals surface area (Å²) in [5, 5.41) is 0.484. The fourth-order valence-electron chi connectivity index (χ4n) is 3.98. The molecule has 0 N–H and O–H groups in total. The van der Waals surface area contributed by atoms with Crippen molar-refractivity contribution in [3.8, 4) is 11.4 Å². The molecule has 0 saturated heterocycles. The summed E-state index contributed by atoms with van der Waals surface area (Å²) >= 11 is 0. The summed E-state index contributed by atoms with van der Waals surface area (Å²) in [4.78, 5) is 47.4. The first-order valence-corrected chi connectivity index (χ1v) is 12.0. The first-order valence-electron chi connectivity index (χ1n) is 12.0. The van der Waals surface area contributed by atoms with Crippen molar-refractivity contribution >= 4 is 22.8 Å². The smallest absolute Gasteiger partial charge is 0.306 e. The van der Waals surface area contributed by atoms with E-state index in [4.69, 9.17) is 14.5 Å². The SMILES string of the molecule is CCOC(=O)CCC(=O)N(CCN(C)C)C(C)c1nc2ccccc2c(=O)n1-c1ccc(OC)cc1. The normalized spacial score (nSPS) is 11.9. The number of carbonyl (C=O) groups excluding carboxylic acids is 2. The van der Waals surface area contributed by atoms with Gasteiger partial charge >= 0.3 is 5.97 Å². The quantitative estimate of drug-likeness (QED) is 0.378. The Morgan fingerprint density at radius 2 is 1.72 bits per heavy atom. The number of hydrogen-bond acceptors (Lipinski definition) is 7. The van der Waals surface area contributed by atoms with E-state index in [1.54, 1.807) is 66.0 Å². The second kappa shape index (κ2) is 12.3. The molecule has 0 radical (unpaired) electrons. The molecule has 0 fully saturated rings. The zero-order chi connectivity index (χ0) is 26.2. The molecule has 0 spiro atoms. The summed E-state index contributed by atoms with van der Waals surface area (Å²) in [5.41, 5.74) is 0.951. The van der Waals surface area contributed by atoms with Crippen LogP contribution in [0.1, 0.15) is 38.6 Å². The second-order valence-corrected chi connectivity index (χ2v) is 8.70. The fourth-order valence-corrected chi connectivity index (χ4v) is 3.98. The zero-order valence-electron chi connectivity index (χ0n) is 21.6. The number of methoxy groups -OCH3 is 1. The number of likely N-dealkylation sites (N-methyl/N-ethyl adjacent to an activating group) is 1. The zero-order valence-corrected chi connectivity index (χ0v) is 21.6. The Balaban J connectivity index is 2.09. The molecule has 1 amide bonds. The first kappa shape index (κ1) is 26.9. The van der Waals surface area contributed by atoms with E-state index in [1.807, 2.05) is 32.0 Å². The van der Waals surface area contributed by atoms with E-state index >= 15 is 0 Å². The molecule has 0 aliphatic rings. The maximum Gasteiger partial charge on any atom is 0.306 e. The molecule has 1 unspecified atom stereocenters. The van der Waals surface area contributed by atoms with Gasteiger partial charge in [0, 0.05) is 19.5 Å². The number of rotatable bonds is 11. The van der Waals surface area contributed by atoms with E-state index < -0.39 is 12.0 Å². The molecule has 0 saturated carbocycles. The Morgan fingerprint density at radius 1 is 1.03 bits per heavy atom. The van der Waals surface area contributed by atoms with Crippen molar-refractivity contribution in [3.05, 3.63) is 64.7 Å². The number of ether oxygens (including phenoxy) is 2. The number of para-hydroxylation sites is 1. The number of aromatic nitrogens is 2. The monoisotopic (exact) mass is 494 g/mol. The predicted octanol–water partition coefficient (Wildman–Crippen LogP) is 3.19. The molecule has 2 aromatic carbocycles. The molecular formula is C27H34N4O5. The van der Waals surface area contributed by atoms with Gasteiger partial charge in [-0.05, 0) is 64.3 Å². The average Bonchev–Trinajstić information content (AvgIpc) is 2.87. The molecule has 0 bridgehead atoms. The number of amides is 1. The maximum absolute atomic E-state index is 13.7. The predicted molar refractivity (Wildman–Crippen MR) is 138 cm³/mol. The summed E-state index contributed by atoms with van der Waals surface area (Å²) in [5.74, 6) is 0.482. The highest BCUT2D eigenvalue weighted by atomic mass is 16.5. The van der Waals surface area contributed by atoms with Gasteiger partial charge in [-0.15, -0.1) is 0 Å².